The van der Waals surface area contributed by atoms with Crippen LogP contribution >= 0.6 is 244 Å². The van der Waals surface area contributed by atoms with E-state index in [1.165, 1.54) is 57.7 Å². The maximum Gasteiger partial charge on any atom is 0.534 e. The van der Waals surface area contributed by atoms with Crippen LogP contribution in [-0.2, 0) is 41.4 Å². The number of thiophene rings is 2. The van der Waals surface area contributed by atoms with Gasteiger partial charge in [-0.05, 0) is 281 Å². The molecule has 0 spiro atoms. The van der Waals surface area contributed by atoms with Crippen LogP contribution in [0.15, 0.2) is 294 Å². The first-order valence-corrected chi connectivity index (χ1v) is 55.3. The van der Waals surface area contributed by atoms with Crippen molar-refractivity contribution in [2.45, 2.75) is 48.0 Å². The van der Waals surface area contributed by atoms with Crippen molar-refractivity contribution in [1.82, 2.24) is 0 Å². The second kappa shape index (κ2) is 50.6. The molecule has 17 aromatic rings. The van der Waals surface area contributed by atoms with Gasteiger partial charge in [-0.3, -0.25) is 28.4 Å². The number of phenols is 3. The first-order chi connectivity index (χ1) is 61.0. The minimum atomic E-state index is -5.84. The summed E-state index contributed by atoms with van der Waals surface area (Å²) in [6, 6.07) is 72.5. The summed E-state index contributed by atoms with van der Waals surface area (Å²) in [5.74, 6) is 0.523. The summed E-state index contributed by atoms with van der Waals surface area (Å²) in [5, 5.41) is 73.0. The molecule has 0 fully saturated rings. The van der Waals surface area contributed by atoms with E-state index < -0.39 is 59.6 Å². The average molecular weight is 2800 g/mol. The minimum Gasteiger partial charge on any atom is -0.507 e. The maximum absolute atomic E-state index is 12.9. The summed E-state index contributed by atoms with van der Waals surface area (Å²) >= 11 is 47.8. The Morgan fingerprint density at radius 3 is 1.08 bits per heavy atom. The van der Waals surface area contributed by atoms with E-state index in [0.717, 1.165) is 130 Å². The summed E-state index contributed by atoms with van der Waals surface area (Å²) in [6.45, 7) is 0. The third-order valence-corrected chi connectivity index (χ3v) is 36.3. The van der Waals surface area contributed by atoms with E-state index in [1.807, 2.05) is 139 Å². The molecular weight excluding hydrogens is 2730 g/mol. The van der Waals surface area contributed by atoms with Crippen LogP contribution in [-0.4, -0.2) is 116 Å². The van der Waals surface area contributed by atoms with Gasteiger partial charge in [0.15, 0.2) is 5.75 Å². The summed E-state index contributed by atoms with van der Waals surface area (Å²) < 4.78 is 183. The highest BCUT2D eigenvalue weighted by molar-refractivity contribution is 14.1. The van der Waals surface area contributed by atoms with E-state index in [1.54, 1.807) is 72.6 Å². The van der Waals surface area contributed by atoms with Gasteiger partial charge in [0.25, 0.3) is 0 Å². The molecule has 0 amide bonds. The Balaban J connectivity index is 0.000000240. The Hall–Kier alpha value is -4.69. The van der Waals surface area contributed by atoms with Crippen molar-refractivity contribution in [3.8, 4) is 45.3 Å². The van der Waals surface area contributed by atoms with Crippen LogP contribution in [0, 0.1) is 3.57 Å². The number of phenolic OH excluding ortho intramolecular Hbond substituents is 3. The first kappa shape index (κ1) is 117. The van der Waals surface area contributed by atoms with Crippen LogP contribution in [0.1, 0.15) is 22.3 Å². The topological polar surface area (TPSA) is 331 Å². The molecule has 2 aromatic heterocycles. The maximum atomic E-state index is 12.9. The van der Waals surface area contributed by atoms with Crippen molar-refractivity contribution < 1.29 is 110 Å². The summed E-state index contributed by atoms with van der Waals surface area (Å²) in [6.07, 6.45) is 5.60. The van der Waals surface area contributed by atoms with Crippen molar-refractivity contribution >= 4 is 392 Å². The van der Waals surface area contributed by atoms with Crippen LogP contribution in [0.5, 0.6) is 23.0 Å². The number of hydrogen-bond donors (Lipinski definition) is 10. The molecule has 18 nitrogen and oxygen atoms in total. The summed E-state index contributed by atoms with van der Waals surface area (Å²) in [4.78, 5) is 2.75. The second-order valence-corrected chi connectivity index (χ2v) is 45.1. The molecule has 10 N–H and O–H groups in total. The van der Waals surface area contributed by atoms with Crippen molar-refractivity contribution in [2.75, 3.05) is 18.8 Å². The van der Waals surface area contributed by atoms with Crippen LogP contribution < -0.4 is 9.65 Å². The zero-order valence-electron chi connectivity index (χ0n) is 65.3. The van der Waals surface area contributed by atoms with Gasteiger partial charge in [0.05, 0.1) is 25.1 Å². The van der Waals surface area contributed by atoms with Crippen molar-refractivity contribution in [3.63, 3.8) is 0 Å². The Morgan fingerprint density at radius 1 is 0.383 bits per heavy atom. The molecule has 0 radical (unpaired) electrons. The molecular formula is C88H69BBr11F6IO18S8. The monoisotopic (exact) mass is 2790 g/mol. The van der Waals surface area contributed by atoms with Crippen LogP contribution in [0.2, 0.25) is 0 Å². The lowest BCUT2D eigenvalue weighted by molar-refractivity contribution is -0.176. The number of alkyl halides is 6. The second-order valence-electron chi connectivity index (χ2n) is 26.0. The lowest BCUT2D eigenvalue weighted by Gasteiger charge is -2.14. The number of aromatic hydroxyl groups is 3. The van der Waals surface area contributed by atoms with Gasteiger partial charge in [0, 0.05) is 160 Å². The number of thioether (sulfide) groups is 2. The smallest absolute Gasteiger partial charge is 0.507 e. The Morgan fingerprint density at radius 2 is 0.692 bits per heavy atom. The highest BCUT2D eigenvalue weighted by Gasteiger charge is 2.49. The number of benzene rings is 15. The predicted molar refractivity (Wildman–Crippen MR) is 584 cm³/mol. The van der Waals surface area contributed by atoms with Gasteiger partial charge in [0.2, 0.25) is 0 Å². The number of fused-ring (bicyclic) bond motifs is 11. The minimum absolute atomic E-state index is 0. The lowest BCUT2D eigenvalue weighted by atomic mass is 9.80. The molecule has 15 aromatic carbocycles. The molecule has 0 saturated heterocycles. The molecule has 0 saturated carbocycles. The molecule has 45 heteroatoms. The Labute approximate surface area is 885 Å². The van der Waals surface area contributed by atoms with Crippen LogP contribution in [0.3, 0.4) is 0 Å². The van der Waals surface area contributed by atoms with Gasteiger partial charge in [-0.2, -0.15) is 51.6 Å². The molecule has 0 aliphatic heterocycles. The standard InChI is InChI=1S/C17H7Br2F3O3S2.C17H12Br2O2S.C17H12Br2OS.C16H7Br3S.C10H6BrIO.C7H8BBrO2S.CHF3O3S.3CH4.H2O4S.H2O2/c18-11-7-3-6-10-12-13(19)8-4-1-2-5-9(8)14(16(12)26-15(10)11)25-27(23,24)17(20,21)22;1-22(21)17-12(7-4-8-14(17)18)13-9-15(20)10-5-2-3-6-11(10)16(13)19;1-21-17-12(7-4-8-14(17)18)13-9-15(20)10-5-2-3-6-11(10)16(13)19;17-11-7-3-6-10-12-13(18)8-4-1-2-5-9(8)14(19)16(12)20-15(10)11;11-10-7-4-2-1-3-6(7)9(13)5-8(10)12;1-12-7-5(8(10)11)3-2-4-6(7)9;2-1(3,4)8(5,6)7;;;;1-5(2,3)4;1-2/h1-7H;2-9,20H,1H3;2-9,20H,1H3;1-7H;1-5,13H;2-4,10-11H,1H3;(H,5,6,7);3*1H4;(H2,1,2,3,4);1-2H. The van der Waals surface area contributed by atoms with Gasteiger partial charge >= 0.3 is 48.8 Å². The highest BCUT2D eigenvalue weighted by atomic mass is 127. The number of rotatable bonds is 8. The van der Waals surface area contributed by atoms with E-state index >= 15 is 0 Å². The molecule has 17 rings (SSSR count). The van der Waals surface area contributed by atoms with Crippen LogP contribution in [0.4, 0.5) is 26.3 Å². The van der Waals surface area contributed by atoms with Crippen molar-refractivity contribution in [1.29, 1.82) is 0 Å². The fourth-order valence-corrected chi connectivity index (χ4v) is 26.6. The van der Waals surface area contributed by atoms with Gasteiger partial charge < -0.3 is 29.6 Å². The van der Waals surface area contributed by atoms with Gasteiger partial charge in [-0.25, -0.2) is 0 Å². The van der Waals surface area contributed by atoms with E-state index in [4.69, 9.17) is 51.1 Å². The molecule has 706 valence electrons. The Kier molecular flexibility index (Phi) is 44.5. The first-order valence-electron chi connectivity index (χ1n) is 35.6. The fourth-order valence-electron chi connectivity index (χ4n) is 12.6. The number of hydrogen-bond acceptors (Lipinski definition) is 19. The quantitative estimate of drug-likeness (QED) is 0.00777. The predicted octanol–water partition coefficient (Wildman–Crippen LogP) is 32.8. The van der Waals surface area contributed by atoms with E-state index in [0.29, 0.717) is 36.9 Å². The lowest BCUT2D eigenvalue weighted by Crippen LogP contribution is -2.31. The molecule has 1 atom stereocenters. The van der Waals surface area contributed by atoms with Gasteiger partial charge in [0.1, 0.15) is 17.2 Å². The zero-order valence-corrected chi connectivity index (χ0v) is 91.5. The van der Waals surface area contributed by atoms with Crippen molar-refractivity contribution in [2.24, 2.45) is 0 Å². The third kappa shape index (κ3) is 28.0. The average Bonchev–Trinajstić information content (AvgIpc) is 1.57. The van der Waals surface area contributed by atoms with E-state index in [9.17, 15) is 54.3 Å². The largest absolute Gasteiger partial charge is 0.534 e. The summed E-state index contributed by atoms with van der Waals surface area (Å²) in [5.41, 5.74) is -6.76. The van der Waals surface area contributed by atoms with Crippen LogP contribution in [0.25, 0.3) is 116 Å². The molecule has 1 unspecified atom stereocenters. The van der Waals surface area contributed by atoms with Gasteiger partial charge in [-0.1, -0.05) is 204 Å². The normalized spacial score (nSPS) is 11.5. The SMILES string of the molecule is Brc1cccc2c1sc1c(Br)c3ccccc3c(Br)c12.C.C.C.CS(=O)c1c(Br)cccc1-c1cc(O)c2ccccc2c1Br.CSc1c(Br)cccc1-c1cc(O)c2ccccc2c1Br.CSc1c(Br)cccc1B(O)O.O=S(=O)(O)C(F)(F)F.O=S(=O)(O)O.O=S(=O)(Oc1c2ccccc2c(Br)c2c1sc1c(Br)cccc12)C(F)(F)F.OO.Oc1cc(I)c(Br)c2ccccc12. The molecule has 0 bridgehead atoms. The molecule has 0 aliphatic carbocycles. The number of halogens is 18. The summed E-state index contributed by atoms with van der Waals surface area (Å²) in [7, 11) is -18.9. The molecule has 133 heavy (non-hydrogen) atoms. The molecule has 2 heterocycles. The molecule has 0 aliphatic rings. The fraction of sp³-hybridized carbons (Fsp3) is 0.0909. The Bertz CT molecular complexity index is 7540. The van der Waals surface area contributed by atoms with Crippen molar-refractivity contribution in [3.05, 3.63) is 283 Å². The third-order valence-electron chi connectivity index (χ3n) is 18.1. The van der Waals surface area contributed by atoms with E-state index in [2.05, 4.69) is 257 Å². The van der Waals surface area contributed by atoms with E-state index in [-0.39, 0.29) is 39.2 Å². The van der Waals surface area contributed by atoms with Gasteiger partial charge in [-0.15, -0.1) is 46.2 Å². The highest BCUT2D eigenvalue weighted by Crippen LogP contribution is 2.53. The zero-order chi connectivity index (χ0) is 96.3.